The highest BCUT2D eigenvalue weighted by molar-refractivity contribution is 5.83. The van der Waals surface area contributed by atoms with Gasteiger partial charge in [-0.05, 0) is 42.9 Å². The Bertz CT molecular complexity index is 1040. The summed E-state index contributed by atoms with van der Waals surface area (Å²) < 4.78 is 41.3. The smallest absolute Gasteiger partial charge is 0.237 e. The van der Waals surface area contributed by atoms with Gasteiger partial charge in [-0.2, -0.15) is 5.26 Å². The van der Waals surface area contributed by atoms with E-state index in [1.807, 2.05) is 30.3 Å². The van der Waals surface area contributed by atoms with Crippen molar-refractivity contribution in [1.82, 2.24) is 10.2 Å². The summed E-state index contributed by atoms with van der Waals surface area (Å²) in [6.45, 7) is 0.408. The van der Waals surface area contributed by atoms with Crippen molar-refractivity contribution in [3.05, 3.63) is 71.0 Å². The van der Waals surface area contributed by atoms with Gasteiger partial charge in [-0.3, -0.25) is 9.59 Å². The van der Waals surface area contributed by atoms with Gasteiger partial charge < -0.3 is 16.0 Å². The molecule has 2 amide bonds. The first-order chi connectivity index (χ1) is 15.8. The number of carbonyl (C=O) groups excluding carboxylic acids is 2. The molecule has 3 atom stereocenters. The number of hydrogen-bond acceptors (Lipinski definition) is 4. The molecule has 2 aromatic rings. The number of halogens is 3. The Kier molecular flexibility index (Phi) is 8.06. The maximum absolute atomic E-state index is 14.2. The zero-order valence-corrected chi connectivity index (χ0v) is 17.9. The lowest BCUT2D eigenvalue weighted by Gasteiger charge is -2.25. The van der Waals surface area contributed by atoms with E-state index < -0.39 is 41.5 Å². The number of hydrogen-bond donors (Lipinski definition) is 2. The fourth-order valence-electron chi connectivity index (χ4n) is 3.96. The first-order valence-corrected chi connectivity index (χ1v) is 10.7. The Morgan fingerprint density at radius 2 is 1.82 bits per heavy atom. The fraction of sp³-hybridized carbons (Fsp3) is 0.375. The van der Waals surface area contributed by atoms with Gasteiger partial charge in [0.2, 0.25) is 11.8 Å². The van der Waals surface area contributed by atoms with E-state index in [1.54, 1.807) is 0 Å². The minimum Gasteiger partial charge on any atom is -0.351 e. The third-order valence-corrected chi connectivity index (χ3v) is 5.68. The van der Waals surface area contributed by atoms with Gasteiger partial charge in [0.25, 0.3) is 0 Å². The van der Waals surface area contributed by atoms with Gasteiger partial charge >= 0.3 is 0 Å². The van der Waals surface area contributed by atoms with Crippen molar-refractivity contribution in [2.45, 2.75) is 50.2 Å². The Morgan fingerprint density at radius 3 is 2.52 bits per heavy atom. The van der Waals surface area contributed by atoms with Crippen LogP contribution < -0.4 is 11.1 Å². The second kappa shape index (κ2) is 11.0. The van der Waals surface area contributed by atoms with Crippen molar-refractivity contribution in [2.75, 3.05) is 6.54 Å². The van der Waals surface area contributed by atoms with Crippen LogP contribution in [0.4, 0.5) is 13.2 Å². The third kappa shape index (κ3) is 6.33. The van der Waals surface area contributed by atoms with Crippen molar-refractivity contribution < 1.29 is 22.8 Å². The Balaban J connectivity index is 1.75. The molecule has 3 N–H and O–H groups in total. The second-order valence-corrected chi connectivity index (χ2v) is 8.14. The van der Waals surface area contributed by atoms with Crippen LogP contribution in [0, 0.1) is 28.8 Å². The maximum Gasteiger partial charge on any atom is 0.237 e. The van der Waals surface area contributed by atoms with E-state index in [0.717, 1.165) is 5.56 Å². The van der Waals surface area contributed by atoms with Gasteiger partial charge in [0.1, 0.15) is 11.9 Å². The minimum atomic E-state index is -1.33. The number of likely N-dealkylation sites (tertiary alicyclic amines) is 1. The lowest BCUT2D eigenvalue weighted by atomic mass is 10.00. The molecule has 0 bridgehead atoms. The molecule has 9 heteroatoms. The summed E-state index contributed by atoms with van der Waals surface area (Å²) in [5.74, 6) is -4.48. The Hall–Kier alpha value is -3.38. The first-order valence-electron chi connectivity index (χ1n) is 10.7. The van der Waals surface area contributed by atoms with Crippen LogP contribution in [0.1, 0.15) is 30.4 Å². The summed E-state index contributed by atoms with van der Waals surface area (Å²) in [6.07, 6.45) is 0.999. The van der Waals surface area contributed by atoms with E-state index in [1.165, 1.54) is 4.90 Å². The van der Waals surface area contributed by atoms with Gasteiger partial charge in [0.05, 0.1) is 12.1 Å². The number of nitrogens with zero attached hydrogens (tertiary/aromatic N) is 2. The van der Waals surface area contributed by atoms with Crippen molar-refractivity contribution >= 4 is 11.8 Å². The summed E-state index contributed by atoms with van der Waals surface area (Å²) in [4.78, 5) is 27.0. The molecule has 1 fully saturated rings. The predicted octanol–water partition coefficient (Wildman–Crippen LogP) is 2.61. The molecule has 1 aliphatic heterocycles. The molecule has 1 aliphatic rings. The second-order valence-electron chi connectivity index (χ2n) is 8.14. The molecule has 6 nitrogen and oxygen atoms in total. The van der Waals surface area contributed by atoms with Crippen LogP contribution in [0.15, 0.2) is 42.5 Å². The Labute approximate surface area is 190 Å². The average molecular weight is 458 g/mol. The molecular weight excluding hydrogens is 433 g/mol. The highest BCUT2D eigenvalue weighted by Gasteiger charge is 2.31. The maximum atomic E-state index is 14.2. The van der Waals surface area contributed by atoms with Crippen LogP contribution in [-0.4, -0.2) is 41.4 Å². The fourth-order valence-corrected chi connectivity index (χ4v) is 3.96. The zero-order valence-electron chi connectivity index (χ0n) is 17.9. The number of nitrogens with two attached hydrogens (primary N) is 1. The van der Waals surface area contributed by atoms with Crippen molar-refractivity contribution in [3.8, 4) is 6.07 Å². The molecule has 0 saturated carbocycles. The van der Waals surface area contributed by atoms with Crippen LogP contribution in [0.3, 0.4) is 0 Å². The van der Waals surface area contributed by atoms with E-state index in [0.29, 0.717) is 31.5 Å². The first kappa shape index (κ1) is 24.3. The SMILES string of the molecule is N#CC1CCCN1C(=O)CC(Cc1cc(F)c(F)cc1F)NC(=O)C(N)Cc1ccccc1. The highest BCUT2D eigenvalue weighted by Crippen LogP contribution is 2.20. The van der Waals surface area contributed by atoms with Crippen LogP contribution in [0.25, 0.3) is 0 Å². The summed E-state index contributed by atoms with van der Waals surface area (Å²) in [5, 5.41) is 11.9. The molecule has 1 saturated heterocycles. The third-order valence-electron chi connectivity index (χ3n) is 5.68. The monoisotopic (exact) mass is 458 g/mol. The van der Waals surface area contributed by atoms with Gasteiger partial charge in [-0.1, -0.05) is 30.3 Å². The number of benzene rings is 2. The number of carbonyl (C=O) groups is 2. The summed E-state index contributed by atoms with van der Waals surface area (Å²) in [6, 6.07) is 9.90. The van der Waals surface area contributed by atoms with Crippen molar-refractivity contribution in [1.29, 1.82) is 5.26 Å². The van der Waals surface area contributed by atoms with E-state index in [-0.39, 0.29) is 30.7 Å². The Morgan fingerprint density at radius 1 is 1.12 bits per heavy atom. The molecule has 3 rings (SSSR count). The molecule has 3 unspecified atom stereocenters. The lowest BCUT2D eigenvalue weighted by Crippen LogP contribution is -2.49. The molecule has 33 heavy (non-hydrogen) atoms. The van der Waals surface area contributed by atoms with Gasteiger partial charge in [0, 0.05) is 25.1 Å². The molecular formula is C24H25F3N4O2. The van der Waals surface area contributed by atoms with E-state index >= 15 is 0 Å². The van der Waals surface area contributed by atoms with Crippen LogP contribution in [-0.2, 0) is 22.4 Å². The number of amides is 2. The van der Waals surface area contributed by atoms with Gasteiger partial charge in [-0.25, -0.2) is 13.2 Å². The van der Waals surface area contributed by atoms with Crippen molar-refractivity contribution in [3.63, 3.8) is 0 Å². The normalized spacial score (nSPS) is 17.3. The van der Waals surface area contributed by atoms with Crippen LogP contribution >= 0.6 is 0 Å². The quantitative estimate of drug-likeness (QED) is 0.594. The van der Waals surface area contributed by atoms with E-state index in [2.05, 4.69) is 11.4 Å². The van der Waals surface area contributed by atoms with Gasteiger partial charge in [0.15, 0.2) is 11.6 Å². The van der Waals surface area contributed by atoms with Crippen LogP contribution in [0.2, 0.25) is 0 Å². The summed E-state index contributed by atoms with van der Waals surface area (Å²) in [7, 11) is 0. The molecule has 0 radical (unpaired) electrons. The van der Waals surface area contributed by atoms with Crippen LogP contribution in [0.5, 0.6) is 0 Å². The van der Waals surface area contributed by atoms with E-state index in [9.17, 15) is 28.0 Å². The topological polar surface area (TPSA) is 99.2 Å². The lowest BCUT2D eigenvalue weighted by molar-refractivity contribution is -0.132. The predicted molar refractivity (Wildman–Crippen MR) is 115 cm³/mol. The largest absolute Gasteiger partial charge is 0.351 e. The zero-order chi connectivity index (χ0) is 24.0. The molecule has 2 aromatic carbocycles. The summed E-state index contributed by atoms with van der Waals surface area (Å²) in [5.41, 5.74) is 6.69. The van der Waals surface area contributed by atoms with Gasteiger partial charge in [-0.15, -0.1) is 0 Å². The minimum absolute atomic E-state index is 0.179. The molecule has 174 valence electrons. The summed E-state index contributed by atoms with van der Waals surface area (Å²) >= 11 is 0. The molecule has 0 aliphatic carbocycles. The molecule has 0 aromatic heterocycles. The number of nitriles is 1. The molecule has 0 spiro atoms. The molecule has 1 heterocycles. The van der Waals surface area contributed by atoms with Crippen molar-refractivity contribution in [2.24, 2.45) is 5.73 Å². The number of rotatable bonds is 8. The highest BCUT2D eigenvalue weighted by atomic mass is 19.2. The average Bonchev–Trinajstić information content (AvgIpc) is 3.27. The number of nitrogens with one attached hydrogen (secondary N) is 1. The van der Waals surface area contributed by atoms with E-state index in [4.69, 9.17) is 5.73 Å². The standard InChI is InChI=1S/C24H25F3N4O2/c25-19-13-21(27)20(26)11-16(19)10-17(12-23(32)31-8-4-7-18(31)14-28)30-24(33)22(29)9-15-5-2-1-3-6-15/h1-3,5-6,11,13,17-18,22H,4,7-10,12,29H2,(H,30,33).